The number of ether oxygens (including phenoxy) is 2. The molecule has 3 nitrogen and oxygen atoms in total. The molecule has 0 spiro atoms. The molecule has 0 atom stereocenters. The van der Waals surface area contributed by atoms with Crippen molar-refractivity contribution < 1.29 is 14.3 Å². The van der Waals surface area contributed by atoms with Gasteiger partial charge in [0.1, 0.15) is 18.1 Å². The Labute approximate surface area is 141 Å². The Morgan fingerprint density at radius 1 is 0.833 bits per heavy atom. The number of para-hydroxylation sites is 1. The maximum Gasteiger partial charge on any atom is 0.193 e. The Morgan fingerprint density at radius 3 is 1.96 bits per heavy atom. The normalized spacial score (nSPS) is 11.0. The van der Waals surface area contributed by atoms with Gasteiger partial charge < -0.3 is 9.47 Å². The second-order valence-corrected chi connectivity index (χ2v) is 5.32. The SMILES string of the molecule is COc1ccc(C(=O)c2ccccc2)cc1.c1ccc2c(c1)CO2. The third kappa shape index (κ3) is 3.63. The highest BCUT2D eigenvalue weighted by Crippen LogP contribution is 2.27. The number of carbonyl (C=O) groups excluding carboxylic acids is 1. The van der Waals surface area contributed by atoms with E-state index < -0.39 is 0 Å². The first-order valence-corrected chi connectivity index (χ1v) is 7.72. The van der Waals surface area contributed by atoms with Crippen molar-refractivity contribution in [1.82, 2.24) is 0 Å². The first-order chi connectivity index (χ1) is 11.8. The molecule has 0 saturated heterocycles. The zero-order valence-electron chi connectivity index (χ0n) is 13.4. The van der Waals surface area contributed by atoms with E-state index in [9.17, 15) is 4.79 Å². The molecular formula is C21H18O3. The van der Waals surface area contributed by atoms with E-state index in [1.165, 1.54) is 5.56 Å². The molecule has 1 aliphatic rings. The van der Waals surface area contributed by atoms with Gasteiger partial charge in [-0.1, -0.05) is 48.5 Å². The lowest BCUT2D eigenvalue weighted by atomic mass is 10.0. The number of fused-ring (bicyclic) bond motifs is 1. The smallest absolute Gasteiger partial charge is 0.193 e. The fraction of sp³-hybridized carbons (Fsp3) is 0.0952. The van der Waals surface area contributed by atoms with Crippen molar-refractivity contribution in [2.75, 3.05) is 7.11 Å². The molecule has 0 bridgehead atoms. The third-order valence-electron chi connectivity index (χ3n) is 3.74. The van der Waals surface area contributed by atoms with E-state index in [0.717, 1.165) is 18.1 Å². The van der Waals surface area contributed by atoms with E-state index in [1.54, 1.807) is 31.4 Å². The van der Waals surface area contributed by atoms with E-state index in [2.05, 4.69) is 6.07 Å². The number of hydrogen-bond donors (Lipinski definition) is 0. The van der Waals surface area contributed by atoms with Crippen molar-refractivity contribution in [3.8, 4) is 11.5 Å². The summed E-state index contributed by atoms with van der Waals surface area (Å²) in [7, 11) is 1.61. The topological polar surface area (TPSA) is 35.5 Å². The zero-order valence-corrected chi connectivity index (χ0v) is 13.4. The molecule has 4 rings (SSSR count). The molecule has 0 radical (unpaired) electrons. The molecule has 0 aromatic heterocycles. The molecule has 0 amide bonds. The molecule has 0 fully saturated rings. The molecule has 3 aromatic carbocycles. The maximum atomic E-state index is 12.0. The molecule has 3 aromatic rings. The van der Waals surface area contributed by atoms with Crippen LogP contribution in [0.15, 0.2) is 78.9 Å². The average molecular weight is 318 g/mol. The summed E-state index contributed by atoms with van der Waals surface area (Å²) < 4.78 is 10.1. The number of rotatable bonds is 3. The molecular weight excluding hydrogens is 300 g/mol. The fourth-order valence-electron chi connectivity index (χ4n) is 2.34. The Morgan fingerprint density at radius 2 is 1.46 bits per heavy atom. The van der Waals surface area contributed by atoms with E-state index >= 15 is 0 Å². The Kier molecular flexibility index (Phi) is 4.92. The van der Waals surface area contributed by atoms with Gasteiger partial charge in [0.15, 0.2) is 5.78 Å². The van der Waals surface area contributed by atoms with Gasteiger partial charge in [-0.05, 0) is 30.3 Å². The standard InChI is InChI=1S/C14H12O2.C7H6O/c1-16-13-9-7-12(8-10-13)14(15)11-5-3-2-4-6-11;1-2-4-7-6(3-1)5-8-7/h2-10H,1H3;1-4H,5H2. The van der Waals surface area contributed by atoms with Gasteiger partial charge in [-0.25, -0.2) is 0 Å². The monoisotopic (exact) mass is 318 g/mol. The predicted octanol–water partition coefficient (Wildman–Crippen LogP) is 4.51. The molecule has 3 heteroatoms. The van der Waals surface area contributed by atoms with Crippen LogP contribution in [-0.2, 0) is 6.61 Å². The highest BCUT2D eigenvalue weighted by atomic mass is 16.5. The number of benzene rings is 3. The first kappa shape index (κ1) is 15.8. The summed E-state index contributed by atoms with van der Waals surface area (Å²) in [4.78, 5) is 12.0. The Balaban J connectivity index is 0.000000175. The summed E-state index contributed by atoms with van der Waals surface area (Å²) in [5, 5.41) is 0. The van der Waals surface area contributed by atoms with Crippen LogP contribution >= 0.6 is 0 Å². The van der Waals surface area contributed by atoms with Gasteiger partial charge in [0.05, 0.1) is 7.11 Å². The van der Waals surface area contributed by atoms with Crippen LogP contribution in [0, 0.1) is 0 Å². The van der Waals surface area contributed by atoms with Crippen molar-refractivity contribution in [3.05, 3.63) is 95.6 Å². The van der Waals surface area contributed by atoms with Gasteiger partial charge >= 0.3 is 0 Å². The van der Waals surface area contributed by atoms with Crippen LogP contribution in [0.5, 0.6) is 11.5 Å². The van der Waals surface area contributed by atoms with Gasteiger partial charge in [0, 0.05) is 16.7 Å². The minimum atomic E-state index is 0.0308. The minimum Gasteiger partial charge on any atom is -0.497 e. The van der Waals surface area contributed by atoms with Gasteiger partial charge in [0.25, 0.3) is 0 Å². The van der Waals surface area contributed by atoms with E-state index in [1.807, 2.05) is 48.5 Å². The second kappa shape index (κ2) is 7.47. The van der Waals surface area contributed by atoms with Crippen molar-refractivity contribution in [1.29, 1.82) is 0 Å². The average Bonchev–Trinajstić information content (AvgIpc) is 2.64. The van der Waals surface area contributed by atoms with Gasteiger partial charge in [-0.2, -0.15) is 0 Å². The van der Waals surface area contributed by atoms with Crippen molar-refractivity contribution >= 4 is 5.78 Å². The summed E-state index contributed by atoms with van der Waals surface area (Å²) in [6.45, 7) is 0.802. The number of carbonyl (C=O) groups is 1. The van der Waals surface area contributed by atoms with Crippen LogP contribution in [0.4, 0.5) is 0 Å². The van der Waals surface area contributed by atoms with E-state index in [4.69, 9.17) is 9.47 Å². The van der Waals surface area contributed by atoms with E-state index in [0.29, 0.717) is 11.1 Å². The van der Waals surface area contributed by atoms with E-state index in [-0.39, 0.29) is 5.78 Å². The molecule has 1 aliphatic heterocycles. The van der Waals surface area contributed by atoms with Crippen LogP contribution < -0.4 is 9.47 Å². The molecule has 0 aliphatic carbocycles. The van der Waals surface area contributed by atoms with Crippen LogP contribution in [0.25, 0.3) is 0 Å². The molecule has 0 N–H and O–H groups in total. The van der Waals surface area contributed by atoms with Gasteiger partial charge in [-0.3, -0.25) is 4.79 Å². The summed E-state index contributed by atoms with van der Waals surface area (Å²) in [5.74, 6) is 1.83. The van der Waals surface area contributed by atoms with Gasteiger partial charge in [-0.15, -0.1) is 0 Å². The minimum absolute atomic E-state index is 0.0308. The Hall–Kier alpha value is -3.07. The highest BCUT2D eigenvalue weighted by Gasteiger charge is 2.10. The molecule has 0 saturated carbocycles. The predicted molar refractivity (Wildman–Crippen MR) is 93.6 cm³/mol. The molecule has 24 heavy (non-hydrogen) atoms. The number of hydrogen-bond acceptors (Lipinski definition) is 3. The van der Waals surface area contributed by atoms with Crippen molar-refractivity contribution in [2.45, 2.75) is 6.61 Å². The third-order valence-corrected chi connectivity index (χ3v) is 3.74. The maximum absolute atomic E-state index is 12.0. The summed E-state index contributed by atoms with van der Waals surface area (Å²) in [6, 6.07) is 24.4. The van der Waals surface area contributed by atoms with Crippen LogP contribution in [0.1, 0.15) is 21.5 Å². The lowest BCUT2D eigenvalue weighted by Crippen LogP contribution is -2.07. The molecule has 1 heterocycles. The van der Waals surface area contributed by atoms with Crippen LogP contribution in [-0.4, -0.2) is 12.9 Å². The van der Waals surface area contributed by atoms with Crippen LogP contribution in [0.3, 0.4) is 0 Å². The highest BCUT2D eigenvalue weighted by molar-refractivity contribution is 6.08. The molecule has 120 valence electrons. The quantitative estimate of drug-likeness (QED) is 0.667. The summed E-state index contributed by atoms with van der Waals surface area (Å²) in [6.07, 6.45) is 0. The Bertz CT molecular complexity index is 785. The zero-order chi connectivity index (χ0) is 16.8. The second-order valence-electron chi connectivity index (χ2n) is 5.32. The summed E-state index contributed by atoms with van der Waals surface area (Å²) in [5.41, 5.74) is 2.70. The fourth-order valence-corrected chi connectivity index (χ4v) is 2.34. The number of methoxy groups -OCH3 is 1. The van der Waals surface area contributed by atoms with Crippen LogP contribution in [0.2, 0.25) is 0 Å². The number of ketones is 1. The largest absolute Gasteiger partial charge is 0.497 e. The lowest BCUT2D eigenvalue weighted by Gasteiger charge is -2.18. The van der Waals surface area contributed by atoms with Crippen molar-refractivity contribution in [2.24, 2.45) is 0 Å². The van der Waals surface area contributed by atoms with Gasteiger partial charge in [0.2, 0.25) is 0 Å². The molecule has 0 unspecified atom stereocenters. The lowest BCUT2D eigenvalue weighted by molar-refractivity contribution is 0.103. The first-order valence-electron chi connectivity index (χ1n) is 7.72. The summed E-state index contributed by atoms with van der Waals surface area (Å²) >= 11 is 0. The van der Waals surface area contributed by atoms with Crippen molar-refractivity contribution in [3.63, 3.8) is 0 Å².